The van der Waals surface area contributed by atoms with E-state index < -0.39 is 11.6 Å². The molecule has 112 valence electrons. The smallest absolute Gasteiger partial charge is 0.219 e. The highest BCUT2D eigenvalue weighted by Crippen LogP contribution is 2.22. The minimum atomic E-state index is -0.943. The first kappa shape index (κ1) is 15.4. The SMILES string of the molecule is CCCNC(C)c1ccc(Oc2ccc(F)c(F)c2)nc1. The normalized spacial score (nSPS) is 12.2. The summed E-state index contributed by atoms with van der Waals surface area (Å²) < 4.78 is 31.3. The number of aromatic nitrogens is 1. The Hall–Kier alpha value is -2.01. The van der Waals surface area contributed by atoms with Crippen molar-refractivity contribution in [3.63, 3.8) is 0 Å². The Morgan fingerprint density at radius 3 is 2.62 bits per heavy atom. The van der Waals surface area contributed by atoms with Crippen LogP contribution in [0.4, 0.5) is 8.78 Å². The Morgan fingerprint density at radius 1 is 1.19 bits per heavy atom. The number of ether oxygens (including phenoxy) is 1. The van der Waals surface area contributed by atoms with Gasteiger partial charge in [0.05, 0.1) is 0 Å². The summed E-state index contributed by atoms with van der Waals surface area (Å²) in [6, 6.07) is 7.19. The van der Waals surface area contributed by atoms with Gasteiger partial charge in [0.1, 0.15) is 5.75 Å². The van der Waals surface area contributed by atoms with Crippen molar-refractivity contribution in [3.05, 3.63) is 53.7 Å². The van der Waals surface area contributed by atoms with E-state index in [2.05, 4.69) is 24.1 Å². The summed E-state index contributed by atoms with van der Waals surface area (Å²) in [5, 5.41) is 3.36. The Labute approximate surface area is 123 Å². The van der Waals surface area contributed by atoms with Crippen molar-refractivity contribution in [2.75, 3.05) is 6.54 Å². The van der Waals surface area contributed by atoms with E-state index in [1.165, 1.54) is 6.07 Å². The van der Waals surface area contributed by atoms with Crippen molar-refractivity contribution < 1.29 is 13.5 Å². The Morgan fingerprint density at radius 2 is 2.00 bits per heavy atom. The van der Waals surface area contributed by atoms with Gasteiger partial charge in [-0.05, 0) is 37.6 Å². The third kappa shape index (κ3) is 4.23. The lowest BCUT2D eigenvalue weighted by molar-refractivity contribution is 0.446. The van der Waals surface area contributed by atoms with Crippen LogP contribution in [0.15, 0.2) is 36.5 Å². The summed E-state index contributed by atoms with van der Waals surface area (Å²) in [5.74, 6) is -1.29. The van der Waals surface area contributed by atoms with Crippen molar-refractivity contribution in [1.29, 1.82) is 0 Å². The van der Waals surface area contributed by atoms with Crippen LogP contribution in [0.5, 0.6) is 11.6 Å². The highest BCUT2D eigenvalue weighted by molar-refractivity contribution is 5.29. The molecule has 0 aliphatic rings. The lowest BCUT2D eigenvalue weighted by Crippen LogP contribution is -2.19. The molecule has 1 atom stereocenters. The second-order valence-electron chi connectivity index (χ2n) is 4.78. The third-order valence-electron chi connectivity index (χ3n) is 3.07. The molecule has 21 heavy (non-hydrogen) atoms. The molecule has 1 heterocycles. The van der Waals surface area contributed by atoms with Crippen LogP contribution in [-0.2, 0) is 0 Å². The molecule has 0 radical (unpaired) electrons. The van der Waals surface area contributed by atoms with E-state index in [9.17, 15) is 8.78 Å². The van der Waals surface area contributed by atoms with Crippen LogP contribution < -0.4 is 10.1 Å². The quantitative estimate of drug-likeness (QED) is 0.866. The van der Waals surface area contributed by atoms with Gasteiger partial charge in [0.2, 0.25) is 5.88 Å². The van der Waals surface area contributed by atoms with Crippen molar-refractivity contribution in [1.82, 2.24) is 10.3 Å². The maximum absolute atomic E-state index is 13.1. The van der Waals surface area contributed by atoms with Crippen LogP contribution in [0.3, 0.4) is 0 Å². The molecule has 1 N–H and O–H groups in total. The molecular weight excluding hydrogens is 274 g/mol. The van der Waals surface area contributed by atoms with Crippen LogP contribution in [0.2, 0.25) is 0 Å². The first-order valence-electron chi connectivity index (χ1n) is 6.92. The summed E-state index contributed by atoms with van der Waals surface area (Å²) in [6.07, 6.45) is 2.78. The molecule has 0 amide bonds. The second-order valence-corrected chi connectivity index (χ2v) is 4.78. The molecule has 0 aliphatic carbocycles. The van der Waals surface area contributed by atoms with E-state index in [1.54, 1.807) is 12.3 Å². The summed E-state index contributed by atoms with van der Waals surface area (Å²) in [7, 11) is 0. The summed E-state index contributed by atoms with van der Waals surface area (Å²) in [6.45, 7) is 5.10. The Balaban J connectivity index is 2.03. The fourth-order valence-corrected chi connectivity index (χ4v) is 1.85. The first-order chi connectivity index (χ1) is 10.1. The molecule has 0 saturated heterocycles. The largest absolute Gasteiger partial charge is 0.439 e. The summed E-state index contributed by atoms with van der Waals surface area (Å²) in [5.41, 5.74) is 1.04. The van der Waals surface area contributed by atoms with Crippen LogP contribution in [-0.4, -0.2) is 11.5 Å². The van der Waals surface area contributed by atoms with E-state index in [-0.39, 0.29) is 11.8 Å². The van der Waals surface area contributed by atoms with E-state index in [4.69, 9.17) is 4.74 Å². The monoisotopic (exact) mass is 292 g/mol. The predicted octanol–water partition coefficient (Wildman–Crippen LogP) is 4.21. The molecule has 1 unspecified atom stereocenters. The van der Waals surface area contributed by atoms with Crippen molar-refractivity contribution in [3.8, 4) is 11.6 Å². The van der Waals surface area contributed by atoms with E-state index in [1.807, 2.05) is 6.07 Å². The Kier molecular flexibility index (Phi) is 5.22. The minimum absolute atomic E-state index is 0.203. The number of rotatable bonds is 6. The molecule has 1 aromatic heterocycles. The van der Waals surface area contributed by atoms with Gasteiger partial charge in [0.25, 0.3) is 0 Å². The van der Waals surface area contributed by atoms with Gasteiger partial charge in [-0.2, -0.15) is 0 Å². The molecule has 2 rings (SSSR count). The molecule has 0 saturated carbocycles. The van der Waals surface area contributed by atoms with Crippen molar-refractivity contribution in [2.45, 2.75) is 26.3 Å². The molecule has 5 heteroatoms. The zero-order valence-electron chi connectivity index (χ0n) is 12.1. The molecular formula is C16H18F2N2O. The van der Waals surface area contributed by atoms with Gasteiger partial charge in [0.15, 0.2) is 11.6 Å². The molecule has 3 nitrogen and oxygen atoms in total. The second kappa shape index (κ2) is 7.13. The van der Waals surface area contributed by atoms with Gasteiger partial charge in [-0.1, -0.05) is 13.0 Å². The van der Waals surface area contributed by atoms with Gasteiger partial charge in [-0.15, -0.1) is 0 Å². The number of hydrogen-bond donors (Lipinski definition) is 1. The van der Waals surface area contributed by atoms with E-state index >= 15 is 0 Å². The highest BCUT2D eigenvalue weighted by atomic mass is 19.2. The molecule has 2 aromatic rings. The standard InChI is InChI=1S/C16H18F2N2O/c1-3-8-19-11(2)12-4-7-16(20-10-12)21-13-5-6-14(17)15(18)9-13/h4-7,9-11,19H,3,8H2,1-2H3. The lowest BCUT2D eigenvalue weighted by Gasteiger charge is -2.13. The fraction of sp³-hybridized carbons (Fsp3) is 0.312. The average molecular weight is 292 g/mol. The number of benzene rings is 1. The number of nitrogens with zero attached hydrogens (tertiary/aromatic N) is 1. The highest BCUT2D eigenvalue weighted by Gasteiger charge is 2.07. The predicted molar refractivity (Wildman–Crippen MR) is 77.4 cm³/mol. The van der Waals surface area contributed by atoms with Crippen LogP contribution >= 0.6 is 0 Å². The van der Waals surface area contributed by atoms with Crippen molar-refractivity contribution >= 4 is 0 Å². The topological polar surface area (TPSA) is 34.1 Å². The number of pyridine rings is 1. The zero-order chi connectivity index (χ0) is 15.2. The average Bonchev–Trinajstić information content (AvgIpc) is 2.49. The van der Waals surface area contributed by atoms with Gasteiger partial charge in [-0.3, -0.25) is 0 Å². The van der Waals surface area contributed by atoms with Crippen LogP contribution in [0.25, 0.3) is 0 Å². The summed E-state index contributed by atoms with van der Waals surface area (Å²) in [4.78, 5) is 4.18. The fourth-order valence-electron chi connectivity index (χ4n) is 1.85. The third-order valence-corrected chi connectivity index (χ3v) is 3.07. The molecule has 0 bridgehead atoms. The van der Waals surface area contributed by atoms with E-state index in [0.29, 0.717) is 5.88 Å². The van der Waals surface area contributed by atoms with Gasteiger partial charge in [-0.25, -0.2) is 13.8 Å². The van der Waals surface area contributed by atoms with Gasteiger partial charge in [0, 0.05) is 24.4 Å². The lowest BCUT2D eigenvalue weighted by atomic mass is 10.1. The van der Waals surface area contributed by atoms with Crippen LogP contribution in [0.1, 0.15) is 31.9 Å². The van der Waals surface area contributed by atoms with Crippen molar-refractivity contribution in [2.24, 2.45) is 0 Å². The number of halogens is 2. The van der Waals surface area contributed by atoms with E-state index in [0.717, 1.165) is 30.7 Å². The molecule has 0 spiro atoms. The minimum Gasteiger partial charge on any atom is -0.439 e. The van der Waals surface area contributed by atoms with Gasteiger partial charge >= 0.3 is 0 Å². The molecule has 0 aliphatic heterocycles. The first-order valence-corrected chi connectivity index (χ1v) is 6.92. The molecule has 1 aromatic carbocycles. The molecule has 0 fully saturated rings. The number of nitrogens with one attached hydrogen (secondary N) is 1. The maximum Gasteiger partial charge on any atom is 0.219 e. The number of hydrogen-bond acceptors (Lipinski definition) is 3. The maximum atomic E-state index is 13.1. The Bertz CT molecular complexity index is 587. The van der Waals surface area contributed by atoms with Crippen LogP contribution in [0, 0.1) is 11.6 Å². The summed E-state index contributed by atoms with van der Waals surface area (Å²) >= 11 is 0. The van der Waals surface area contributed by atoms with Gasteiger partial charge < -0.3 is 10.1 Å². The zero-order valence-corrected chi connectivity index (χ0v) is 12.1.